The molecular weight excluding hydrogens is 234 g/mol. The van der Waals surface area contributed by atoms with Crippen LogP contribution in [0.25, 0.3) is 0 Å². The van der Waals surface area contributed by atoms with Crippen molar-refractivity contribution in [1.82, 2.24) is 4.98 Å². The molecule has 3 heteroatoms. The zero-order valence-electron chi connectivity index (χ0n) is 11.9. The third-order valence-corrected chi connectivity index (χ3v) is 3.48. The normalized spacial score (nSPS) is 10.5. The monoisotopic (exact) mass is 255 g/mol. The molecule has 0 aliphatic carbocycles. The van der Waals surface area contributed by atoms with Crippen molar-refractivity contribution >= 4 is 11.5 Å². The molecule has 0 atom stereocenters. The highest BCUT2D eigenvalue weighted by Gasteiger charge is 2.05. The molecular formula is C16H21N3. The van der Waals surface area contributed by atoms with Crippen LogP contribution in [0.15, 0.2) is 36.4 Å². The van der Waals surface area contributed by atoms with Gasteiger partial charge in [-0.25, -0.2) is 4.98 Å². The molecule has 0 bridgehead atoms. The second-order valence-electron chi connectivity index (χ2n) is 4.94. The summed E-state index contributed by atoms with van der Waals surface area (Å²) < 4.78 is 0. The quantitative estimate of drug-likeness (QED) is 0.913. The molecule has 0 aliphatic heterocycles. The summed E-state index contributed by atoms with van der Waals surface area (Å²) in [5, 5.41) is 0. The molecule has 0 spiro atoms. The molecule has 2 rings (SSSR count). The van der Waals surface area contributed by atoms with Crippen LogP contribution in [0.4, 0.5) is 11.5 Å². The van der Waals surface area contributed by atoms with Crippen LogP contribution in [0, 0.1) is 13.8 Å². The molecule has 2 aromatic rings. The number of hydrogen-bond acceptors (Lipinski definition) is 3. The van der Waals surface area contributed by atoms with Gasteiger partial charge in [-0.1, -0.05) is 24.3 Å². The number of nitrogens with zero attached hydrogens (tertiary/aromatic N) is 2. The predicted molar refractivity (Wildman–Crippen MR) is 81.5 cm³/mol. The molecule has 0 aliphatic rings. The molecule has 0 fully saturated rings. The van der Waals surface area contributed by atoms with E-state index in [1.165, 1.54) is 11.1 Å². The van der Waals surface area contributed by atoms with Gasteiger partial charge >= 0.3 is 0 Å². The van der Waals surface area contributed by atoms with E-state index in [4.69, 9.17) is 5.73 Å². The molecule has 3 nitrogen and oxygen atoms in total. The Morgan fingerprint density at radius 3 is 2.53 bits per heavy atom. The largest absolute Gasteiger partial charge is 0.397 e. The molecule has 100 valence electrons. The van der Waals surface area contributed by atoms with Crippen LogP contribution >= 0.6 is 0 Å². The molecule has 1 aromatic heterocycles. The number of pyridine rings is 1. The smallest absolute Gasteiger partial charge is 0.128 e. The van der Waals surface area contributed by atoms with E-state index in [1.54, 1.807) is 0 Å². The summed E-state index contributed by atoms with van der Waals surface area (Å²) in [6.45, 7) is 5.04. The van der Waals surface area contributed by atoms with E-state index in [-0.39, 0.29) is 0 Å². The fourth-order valence-corrected chi connectivity index (χ4v) is 2.06. The topological polar surface area (TPSA) is 42.1 Å². The maximum absolute atomic E-state index is 5.79. The number of nitrogens with two attached hydrogens (primary N) is 1. The van der Waals surface area contributed by atoms with Gasteiger partial charge in [0.1, 0.15) is 5.82 Å². The van der Waals surface area contributed by atoms with Gasteiger partial charge in [-0.15, -0.1) is 0 Å². The SMILES string of the molecule is Cc1ccccc1CCN(C)c1ccc(N)c(C)n1. The lowest BCUT2D eigenvalue weighted by Gasteiger charge is -2.19. The summed E-state index contributed by atoms with van der Waals surface area (Å²) in [5.41, 5.74) is 10.2. The Hall–Kier alpha value is -2.03. The van der Waals surface area contributed by atoms with Crippen molar-refractivity contribution in [2.45, 2.75) is 20.3 Å². The van der Waals surface area contributed by atoms with E-state index in [0.29, 0.717) is 0 Å². The third-order valence-electron chi connectivity index (χ3n) is 3.48. The van der Waals surface area contributed by atoms with Crippen LogP contribution in [0.3, 0.4) is 0 Å². The van der Waals surface area contributed by atoms with Crippen molar-refractivity contribution in [2.75, 3.05) is 24.2 Å². The number of rotatable bonds is 4. The zero-order chi connectivity index (χ0) is 13.8. The first-order valence-corrected chi connectivity index (χ1v) is 6.56. The van der Waals surface area contributed by atoms with Crippen molar-refractivity contribution in [3.63, 3.8) is 0 Å². The van der Waals surface area contributed by atoms with E-state index in [9.17, 15) is 0 Å². The van der Waals surface area contributed by atoms with E-state index >= 15 is 0 Å². The third kappa shape index (κ3) is 3.25. The molecule has 0 radical (unpaired) electrons. The van der Waals surface area contributed by atoms with E-state index in [2.05, 4.69) is 48.1 Å². The van der Waals surface area contributed by atoms with Gasteiger partial charge in [0.25, 0.3) is 0 Å². The number of aromatic nitrogens is 1. The number of likely N-dealkylation sites (N-methyl/N-ethyl adjacent to an activating group) is 1. The Balaban J connectivity index is 2.03. The number of hydrogen-bond donors (Lipinski definition) is 1. The van der Waals surface area contributed by atoms with Crippen molar-refractivity contribution in [3.05, 3.63) is 53.2 Å². The highest BCUT2D eigenvalue weighted by atomic mass is 15.2. The number of anilines is 2. The average Bonchev–Trinajstić information content (AvgIpc) is 2.40. The molecule has 0 saturated carbocycles. The van der Waals surface area contributed by atoms with Gasteiger partial charge in [0.05, 0.1) is 11.4 Å². The fourth-order valence-electron chi connectivity index (χ4n) is 2.06. The summed E-state index contributed by atoms with van der Waals surface area (Å²) in [5.74, 6) is 0.972. The van der Waals surface area contributed by atoms with Crippen molar-refractivity contribution in [1.29, 1.82) is 0 Å². The Kier molecular flexibility index (Phi) is 4.05. The maximum atomic E-state index is 5.79. The summed E-state index contributed by atoms with van der Waals surface area (Å²) in [4.78, 5) is 6.67. The molecule has 1 aromatic carbocycles. The van der Waals surface area contributed by atoms with Crippen molar-refractivity contribution < 1.29 is 0 Å². The highest BCUT2D eigenvalue weighted by Crippen LogP contribution is 2.16. The van der Waals surface area contributed by atoms with E-state index in [0.717, 1.165) is 30.2 Å². The van der Waals surface area contributed by atoms with Gasteiger partial charge in [-0.3, -0.25) is 0 Å². The van der Waals surface area contributed by atoms with Crippen LogP contribution in [-0.2, 0) is 6.42 Å². The summed E-state index contributed by atoms with van der Waals surface area (Å²) in [7, 11) is 2.07. The van der Waals surface area contributed by atoms with E-state index < -0.39 is 0 Å². The molecule has 2 N–H and O–H groups in total. The maximum Gasteiger partial charge on any atom is 0.128 e. The minimum atomic E-state index is 0.746. The molecule has 0 amide bonds. The summed E-state index contributed by atoms with van der Waals surface area (Å²) in [6, 6.07) is 12.4. The predicted octanol–water partition coefficient (Wildman–Crippen LogP) is 2.96. The van der Waals surface area contributed by atoms with Crippen molar-refractivity contribution in [2.24, 2.45) is 0 Å². The first-order chi connectivity index (χ1) is 9.08. The van der Waals surface area contributed by atoms with Crippen LogP contribution in [0.5, 0.6) is 0 Å². The minimum Gasteiger partial charge on any atom is -0.397 e. The average molecular weight is 255 g/mol. The van der Waals surface area contributed by atoms with Gasteiger partial charge in [0, 0.05) is 13.6 Å². The molecule has 1 heterocycles. The summed E-state index contributed by atoms with van der Waals surface area (Å²) >= 11 is 0. The lowest BCUT2D eigenvalue weighted by molar-refractivity contribution is 0.853. The first-order valence-electron chi connectivity index (χ1n) is 6.56. The number of aryl methyl sites for hydroxylation is 2. The number of nitrogen functional groups attached to an aromatic ring is 1. The van der Waals surface area contributed by atoms with Gasteiger partial charge in [-0.2, -0.15) is 0 Å². The van der Waals surface area contributed by atoms with Crippen LogP contribution in [-0.4, -0.2) is 18.6 Å². The van der Waals surface area contributed by atoms with Gasteiger partial charge in [0.2, 0.25) is 0 Å². The summed E-state index contributed by atoms with van der Waals surface area (Å²) in [6.07, 6.45) is 1.02. The Labute approximate surface area is 115 Å². The molecule has 19 heavy (non-hydrogen) atoms. The number of benzene rings is 1. The second kappa shape index (κ2) is 5.74. The first kappa shape index (κ1) is 13.4. The lowest BCUT2D eigenvalue weighted by atomic mass is 10.1. The molecule has 0 unspecified atom stereocenters. The highest BCUT2D eigenvalue weighted by molar-refractivity contribution is 5.50. The molecule has 0 saturated heterocycles. The lowest BCUT2D eigenvalue weighted by Crippen LogP contribution is -2.22. The fraction of sp³-hybridized carbons (Fsp3) is 0.312. The van der Waals surface area contributed by atoms with Gasteiger partial charge in [0.15, 0.2) is 0 Å². The van der Waals surface area contributed by atoms with Gasteiger partial charge in [-0.05, 0) is 43.5 Å². The van der Waals surface area contributed by atoms with Crippen molar-refractivity contribution in [3.8, 4) is 0 Å². The minimum absolute atomic E-state index is 0.746. The Bertz CT molecular complexity index is 564. The van der Waals surface area contributed by atoms with Crippen LogP contribution < -0.4 is 10.6 Å². The van der Waals surface area contributed by atoms with Crippen LogP contribution in [0.1, 0.15) is 16.8 Å². The Morgan fingerprint density at radius 2 is 1.84 bits per heavy atom. The zero-order valence-corrected chi connectivity index (χ0v) is 11.9. The second-order valence-corrected chi connectivity index (χ2v) is 4.94. The standard InChI is InChI=1S/C16H21N3/c1-12-6-4-5-7-14(12)10-11-19(3)16-9-8-15(17)13(2)18-16/h4-9H,10-11,17H2,1-3H3. The van der Waals surface area contributed by atoms with E-state index in [1.807, 2.05) is 19.1 Å². The van der Waals surface area contributed by atoms with Crippen LogP contribution in [0.2, 0.25) is 0 Å². The van der Waals surface area contributed by atoms with Gasteiger partial charge < -0.3 is 10.6 Å². The Morgan fingerprint density at radius 1 is 1.11 bits per heavy atom.